The Morgan fingerprint density at radius 1 is 1.08 bits per heavy atom. The van der Waals surface area contributed by atoms with Gasteiger partial charge in [0.05, 0.1) is 12.7 Å². The molecule has 0 radical (unpaired) electrons. The van der Waals surface area contributed by atoms with Crippen LogP contribution in [0.5, 0.6) is 0 Å². The van der Waals surface area contributed by atoms with Crippen LogP contribution in [0.3, 0.4) is 0 Å². The Morgan fingerprint density at radius 3 is 2.19 bits per heavy atom. The van der Waals surface area contributed by atoms with Crippen molar-refractivity contribution in [3.8, 4) is 0 Å². The van der Waals surface area contributed by atoms with Crippen LogP contribution in [-0.4, -0.2) is 18.3 Å². The second kappa shape index (κ2) is 8.03. The molecular weight excluding hydrogens is 320 g/mol. The maximum Gasteiger partial charge on any atom is 0.109 e. The van der Waals surface area contributed by atoms with Gasteiger partial charge in [0, 0.05) is 0 Å². The third-order valence-corrected chi connectivity index (χ3v) is 4.76. The molecule has 136 valence electrons. The van der Waals surface area contributed by atoms with Crippen molar-refractivity contribution in [1.82, 2.24) is 0 Å². The zero-order valence-corrected chi connectivity index (χ0v) is 15.9. The van der Waals surface area contributed by atoms with Crippen LogP contribution < -0.4 is 0 Å². The van der Waals surface area contributed by atoms with Crippen LogP contribution in [0.15, 0.2) is 73.3 Å². The predicted molar refractivity (Wildman–Crippen MR) is 107 cm³/mol. The van der Waals surface area contributed by atoms with E-state index in [4.69, 9.17) is 9.47 Å². The van der Waals surface area contributed by atoms with E-state index in [1.165, 1.54) is 22.3 Å². The second-order valence-electron chi connectivity index (χ2n) is 7.24. The average Bonchev–Trinajstić information content (AvgIpc) is 2.63. The van der Waals surface area contributed by atoms with Crippen molar-refractivity contribution in [3.63, 3.8) is 0 Å². The summed E-state index contributed by atoms with van der Waals surface area (Å²) < 4.78 is 12.2. The average molecular weight is 348 g/mol. The van der Waals surface area contributed by atoms with Crippen LogP contribution in [0.4, 0.5) is 0 Å². The Bertz CT molecular complexity index is 745. The molecule has 0 aliphatic heterocycles. The van der Waals surface area contributed by atoms with Gasteiger partial charge in [-0.1, -0.05) is 73.3 Å². The molecule has 0 saturated carbocycles. The van der Waals surface area contributed by atoms with Crippen LogP contribution in [-0.2, 0) is 15.9 Å². The molecule has 2 nitrogen and oxygen atoms in total. The molecule has 2 heteroatoms. The lowest BCUT2D eigenvalue weighted by atomic mass is 9.84. The quantitative estimate of drug-likeness (QED) is 0.604. The molecule has 0 aromatic heterocycles. The van der Waals surface area contributed by atoms with E-state index in [9.17, 15) is 0 Å². The van der Waals surface area contributed by atoms with E-state index >= 15 is 0 Å². The fourth-order valence-electron chi connectivity index (χ4n) is 3.55. The van der Waals surface area contributed by atoms with E-state index in [2.05, 4.69) is 55.1 Å². The van der Waals surface area contributed by atoms with Crippen LogP contribution in [0.25, 0.3) is 0 Å². The van der Waals surface area contributed by atoms with E-state index < -0.39 is 5.60 Å². The van der Waals surface area contributed by atoms with Gasteiger partial charge in [-0.05, 0) is 49.4 Å². The fraction of sp³-hybridized carbons (Fsp3) is 0.333. The first kappa shape index (κ1) is 18.6. The molecule has 0 spiro atoms. The summed E-state index contributed by atoms with van der Waals surface area (Å²) in [5.74, 6) is 0. The smallest absolute Gasteiger partial charge is 0.109 e. The molecule has 2 aromatic rings. The Balaban J connectivity index is 1.76. The number of hydrogen-bond acceptors (Lipinski definition) is 2. The molecule has 0 heterocycles. The van der Waals surface area contributed by atoms with Crippen molar-refractivity contribution < 1.29 is 9.47 Å². The highest BCUT2D eigenvalue weighted by molar-refractivity contribution is 5.47. The molecule has 3 rings (SSSR count). The monoisotopic (exact) mass is 348 g/mol. The van der Waals surface area contributed by atoms with Gasteiger partial charge in [-0.15, -0.1) is 0 Å². The van der Waals surface area contributed by atoms with Crippen molar-refractivity contribution in [2.75, 3.05) is 6.61 Å². The van der Waals surface area contributed by atoms with Crippen molar-refractivity contribution in [3.05, 3.63) is 95.6 Å². The van der Waals surface area contributed by atoms with E-state index in [-0.39, 0.29) is 12.2 Å². The highest BCUT2D eigenvalue weighted by atomic mass is 16.5. The second-order valence-corrected chi connectivity index (χ2v) is 7.24. The molecule has 1 aliphatic rings. The van der Waals surface area contributed by atoms with Gasteiger partial charge < -0.3 is 9.47 Å². The number of ether oxygens (including phenoxy) is 2. The normalized spacial score (nSPS) is 16.3. The summed E-state index contributed by atoms with van der Waals surface area (Å²) in [6.45, 7) is 10.5. The summed E-state index contributed by atoms with van der Waals surface area (Å²) in [6, 6.07) is 17.1. The first-order valence-electron chi connectivity index (χ1n) is 9.29. The molecule has 26 heavy (non-hydrogen) atoms. The van der Waals surface area contributed by atoms with Crippen LogP contribution >= 0.6 is 0 Å². The van der Waals surface area contributed by atoms with Crippen molar-refractivity contribution in [2.45, 2.75) is 45.0 Å². The Labute approximate surface area is 157 Å². The van der Waals surface area contributed by atoms with Gasteiger partial charge in [-0.2, -0.15) is 0 Å². The first-order valence-corrected chi connectivity index (χ1v) is 9.29. The van der Waals surface area contributed by atoms with Crippen LogP contribution in [0.2, 0.25) is 0 Å². The third-order valence-electron chi connectivity index (χ3n) is 4.76. The molecule has 0 fully saturated rings. The first-order chi connectivity index (χ1) is 12.5. The molecular formula is C24H28O2. The summed E-state index contributed by atoms with van der Waals surface area (Å²) in [4.78, 5) is 0. The van der Waals surface area contributed by atoms with Crippen molar-refractivity contribution in [1.29, 1.82) is 0 Å². The number of hydrogen-bond donors (Lipinski definition) is 0. The molecule has 0 N–H and O–H groups in total. The summed E-state index contributed by atoms with van der Waals surface area (Å²) in [5.41, 5.74) is 4.76. The van der Waals surface area contributed by atoms with Crippen molar-refractivity contribution in [2.24, 2.45) is 0 Å². The summed E-state index contributed by atoms with van der Waals surface area (Å²) in [5, 5.41) is 0. The lowest BCUT2D eigenvalue weighted by Gasteiger charge is -2.28. The molecule has 1 aliphatic carbocycles. The standard InChI is InChI=1S/C24H28O2/c1-5-24(4,26-18(2)3)15-10-16-25-23-21-13-8-6-11-19(21)17-20-12-7-9-14-22(20)23/h5-15,18,23H,1,16-17H2,2-4H3/b15-10+. The minimum atomic E-state index is -0.472. The fourth-order valence-corrected chi connectivity index (χ4v) is 3.55. The maximum atomic E-state index is 6.30. The van der Waals surface area contributed by atoms with Gasteiger partial charge in [-0.3, -0.25) is 0 Å². The van der Waals surface area contributed by atoms with E-state index in [0.29, 0.717) is 6.61 Å². The SMILES string of the molecule is C=CC(C)(/C=C/COC1c2ccccc2Cc2ccccc21)OC(C)C. The minimum Gasteiger partial charge on any atom is -0.365 e. The number of benzene rings is 2. The Kier molecular flexibility index (Phi) is 5.75. The minimum absolute atomic E-state index is 0.0261. The molecule has 0 saturated heterocycles. The molecule has 0 bridgehead atoms. The van der Waals surface area contributed by atoms with E-state index in [1.54, 1.807) is 0 Å². The van der Waals surface area contributed by atoms with Gasteiger partial charge in [0.15, 0.2) is 0 Å². The van der Waals surface area contributed by atoms with Gasteiger partial charge in [-0.25, -0.2) is 0 Å². The molecule has 1 unspecified atom stereocenters. The highest BCUT2D eigenvalue weighted by Gasteiger charge is 2.25. The zero-order chi connectivity index (χ0) is 18.6. The molecule has 1 atom stereocenters. The Morgan fingerprint density at radius 2 is 1.65 bits per heavy atom. The molecule has 2 aromatic carbocycles. The lowest BCUT2D eigenvalue weighted by Crippen LogP contribution is -2.26. The largest absolute Gasteiger partial charge is 0.365 e. The summed E-state index contributed by atoms with van der Waals surface area (Å²) in [6.07, 6.45) is 6.97. The summed E-state index contributed by atoms with van der Waals surface area (Å²) in [7, 11) is 0. The molecule has 0 amide bonds. The van der Waals surface area contributed by atoms with Crippen molar-refractivity contribution >= 4 is 0 Å². The van der Waals surface area contributed by atoms with Gasteiger partial charge in [0.1, 0.15) is 11.7 Å². The van der Waals surface area contributed by atoms with Gasteiger partial charge >= 0.3 is 0 Å². The summed E-state index contributed by atoms with van der Waals surface area (Å²) >= 11 is 0. The van der Waals surface area contributed by atoms with Crippen LogP contribution in [0, 0.1) is 0 Å². The van der Waals surface area contributed by atoms with E-state index in [0.717, 1.165) is 6.42 Å². The third kappa shape index (κ3) is 4.14. The van der Waals surface area contributed by atoms with Crippen LogP contribution in [0.1, 0.15) is 49.1 Å². The number of rotatable bonds is 7. The predicted octanol–water partition coefficient (Wildman–Crippen LogP) is 5.62. The highest BCUT2D eigenvalue weighted by Crippen LogP contribution is 2.37. The topological polar surface area (TPSA) is 18.5 Å². The maximum absolute atomic E-state index is 6.30. The van der Waals surface area contributed by atoms with E-state index in [1.807, 2.05) is 39.0 Å². The lowest BCUT2D eigenvalue weighted by molar-refractivity contribution is -0.00415. The number of fused-ring (bicyclic) bond motifs is 2. The zero-order valence-electron chi connectivity index (χ0n) is 15.9. The van der Waals surface area contributed by atoms with Gasteiger partial charge in [0.25, 0.3) is 0 Å². The Hall–Kier alpha value is -2.16. The van der Waals surface area contributed by atoms with Gasteiger partial charge in [0.2, 0.25) is 0 Å².